The van der Waals surface area contributed by atoms with Gasteiger partial charge in [0.2, 0.25) is 10.0 Å². The van der Waals surface area contributed by atoms with E-state index in [0.29, 0.717) is 19.0 Å². The summed E-state index contributed by atoms with van der Waals surface area (Å²) in [5.74, 6) is 0.212. The summed E-state index contributed by atoms with van der Waals surface area (Å²) >= 11 is 0. The van der Waals surface area contributed by atoms with Crippen LogP contribution in [-0.2, 0) is 23.1 Å². The van der Waals surface area contributed by atoms with Crippen LogP contribution in [0.5, 0.6) is 0 Å². The molecule has 2 heterocycles. The van der Waals surface area contributed by atoms with Crippen LogP contribution in [0.3, 0.4) is 0 Å². The summed E-state index contributed by atoms with van der Waals surface area (Å²) in [6, 6.07) is 14.8. The Morgan fingerprint density at radius 2 is 1.65 bits per heavy atom. The first-order valence-electron chi connectivity index (χ1n) is 11.3. The fraction of sp³-hybridized carbons (Fsp3) is 0.375. The third-order valence-corrected chi connectivity index (χ3v) is 7.06. The summed E-state index contributed by atoms with van der Waals surface area (Å²) in [6.07, 6.45) is 3.54. The van der Waals surface area contributed by atoms with Crippen LogP contribution < -0.4 is 10.5 Å². The molecule has 2 aromatic carbocycles. The van der Waals surface area contributed by atoms with E-state index in [-0.39, 0.29) is 16.5 Å². The highest BCUT2D eigenvalue weighted by Crippen LogP contribution is 2.19. The normalized spacial score (nSPS) is 15.4. The molecule has 0 bridgehead atoms. The number of nitrogens with one attached hydrogen (secondary N) is 1. The fourth-order valence-corrected chi connectivity index (χ4v) is 4.57. The molecule has 0 unspecified atom stereocenters. The van der Waals surface area contributed by atoms with Crippen molar-refractivity contribution in [3.8, 4) is 0 Å². The Hall–Kier alpha value is -3.08. The van der Waals surface area contributed by atoms with Gasteiger partial charge in [-0.25, -0.2) is 13.6 Å². The topological polar surface area (TPSA) is 123 Å². The van der Waals surface area contributed by atoms with Crippen molar-refractivity contribution < 1.29 is 13.2 Å². The molecule has 1 saturated heterocycles. The third kappa shape index (κ3) is 6.49. The van der Waals surface area contributed by atoms with Crippen molar-refractivity contribution in [2.24, 2.45) is 11.1 Å². The molecule has 3 N–H and O–H groups in total. The van der Waals surface area contributed by atoms with Gasteiger partial charge in [-0.15, -0.1) is 5.10 Å². The van der Waals surface area contributed by atoms with Crippen LogP contribution >= 0.6 is 0 Å². The average molecular weight is 483 g/mol. The number of nitrogens with two attached hydrogens (primary N) is 1. The predicted octanol–water partition coefficient (Wildman–Crippen LogP) is 1.92. The van der Waals surface area contributed by atoms with E-state index in [1.165, 1.54) is 34.3 Å². The molecule has 10 heteroatoms. The highest BCUT2D eigenvalue weighted by Gasteiger charge is 2.21. The Kier molecular flexibility index (Phi) is 7.40. The highest BCUT2D eigenvalue weighted by molar-refractivity contribution is 7.89. The van der Waals surface area contributed by atoms with Crippen LogP contribution in [0, 0.1) is 12.8 Å². The molecule has 1 aliphatic rings. The number of carbonyl (C=O) groups excluding carboxylic acids is 1. The molecule has 0 saturated carbocycles. The molecule has 0 radical (unpaired) electrons. The molecule has 34 heavy (non-hydrogen) atoms. The molecule has 1 amide bonds. The molecule has 1 fully saturated rings. The van der Waals surface area contributed by atoms with Crippen LogP contribution in [0.2, 0.25) is 0 Å². The predicted molar refractivity (Wildman–Crippen MR) is 128 cm³/mol. The van der Waals surface area contributed by atoms with Crippen molar-refractivity contribution in [3.63, 3.8) is 0 Å². The minimum absolute atomic E-state index is 0.0470. The first-order chi connectivity index (χ1) is 16.3. The maximum atomic E-state index is 12.5. The Labute approximate surface area is 200 Å². The standard InChI is InChI=1S/C24H30N6O3S/c1-18-2-4-20(5-3-18)16-29-12-10-19(11-13-29)14-26-24(31)23-15-27-30(28-23)17-21-6-8-22(9-7-21)34(25,32)33/h2-9,15,19H,10-14,16-17H2,1H3,(H,26,31)(H2,25,32,33). The minimum Gasteiger partial charge on any atom is -0.350 e. The number of rotatable bonds is 8. The zero-order valence-electron chi connectivity index (χ0n) is 19.2. The van der Waals surface area contributed by atoms with Crippen LogP contribution in [0.4, 0.5) is 0 Å². The molecular formula is C24H30N6O3S. The number of nitrogens with zero attached hydrogens (tertiary/aromatic N) is 4. The monoisotopic (exact) mass is 482 g/mol. The Balaban J connectivity index is 1.22. The molecule has 0 spiro atoms. The molecule has 0 aliphatic carbocycles. The van der Waals surface area contributed by atoms with Gasteiger partial charge in [0.05, 0.1) is 17.6 Å². The number of sulfonamides is 1. The van der Waals surface area contributed by atoms with Crippen LogP contribution in [0.25, 0.3) is 0 Å². The van der Waals surface area contributed by atoms with Gasteiger partial charge in [0.1, 0.15) is 0 Å². The van der Waals surface area contributed by atoms with Gasteiger partial charge in [-0.1, -0.05) is 42.0 Å². The maximum Gasteiger partial charge on any atom is 0.273 e. The van der Waals surface area contributed by atoms with Gasteiger partial charge in [-0.05, 0) is 62.0 Å². The number of amides is 1. The number of aromatic nitrogens is 3. The largest absolute Gasteiger partial charge is 0.350 e. The second-order valence-corrected chi connectivity index (χ2v) is 10.4. The van der Waals surface area contributed by atoms with Crippen LogP contribution in [0.1, 0.15) is 40.0 Å². The summed E-state index contributed by atoms with van der Waals surface area (Å²) < 4.78 is 22.7. The zero-order chi connectivity index (χ0) is 24.1. The van der Waals surface area contributed by atoms with E-state index in [1.807, 2.05) is 0 Å². The van der Waals surface area contributed by atoms with Crippen molar-refractivity contribution in [2.75, 3.05) is 19.6 Å². The van der Waals surface area contributed by atoms with E-state index in [1.54, 1.807) is 12.1 Å². The number of hydrogen-bond donors (Lipinski definition) is 2. The van der Waals surface area contributed by atoms with Crippen LogP contribution in [0.15, 0.2) is 59.6 Å². The van der Waals surface area contributed by atoms with Gasteiger partial charge in [0.15, 0.2) is 5.69 Å². The molecule has 9 nitrogen and oxygen atoms in total. The van der Waals surface area contributed by atoms with Crippen molar-refractivity contribution in [1.29, 1.82) is 0 Å². The van der Waals surface area contributed by atoms with Gasteiger partial charge >= 0.3 is 0 Å². The smallest absolute Gasteiger partial charge is 0.273 e. The number of primary sulfonamides is 1. The van der Waals surface area contributed by atoms with E-state index >= 15 is 0 Å². The van der Waals surface area contributed by atoms with Gasteiger partial charge in [-0.2, -0.15) is 9.90 Å². The van der Waals surface area contributed by atoms with E-state index in [9.17, 15) is 13.2 Å². The van der Waals surface area contributed by atoms with Gasteiger partial charge < -0.3 is 5.32 Å². The molecular weight excluding hydrogens is 452 g/mol. The van der Waals surface area contributed by atoms with Gasteiger partial charge in [-0.3, -0.25) is 9.69 Å². The van der Waals surface area contributed by atoms with Gasteiger partial charge in [0, 0.05) is 13.1 Å². The van der Waals surface area contributed by atoms with Crippen molar-refractivity contribution in [2.45, 2.75) is 37.8 Å². The summed E-state index contributed by atoms with van der Waals surface area (Å²) in [7, 11) is -3.73. The second kappa shape index (κ2) is 10.5. The summed E-state index contributed by atoms with van der Waals surface area (Å²) in [4.78, 5) is 16.4. The molecule has 1 aliphatic heterocycles. The van der Waals surface area contributed by atoms with E-state index in [0.717, 1.165) is 38.0 Å². The molecule has 4 rings (SSSR count). The van der Waals surface area contributed by atoms with E-state index < -0.39 is 10.0 Å². The lowest BCUT2D eigenvalue weighted by molar-refractivity contribution is 0.0929. The average Bonchev–Trinajstić information content (AvgIpc) is 3.28. The molecule has 1 aromatic heterocycles. The molecule has 3 aromatic rings. The lowest BCUT2D eigenvalue weighted by Gasteiger charge is -2.32. The van der Waals surface area contributed by atoms with Crippen molar-refractivity contribution >= 4 is 15.9 Å². The number of hydrogen-bond acceptors (Lipinski definition) is 6. The maximum absolute atomic E-state index is 12.5. The number of likely N-dealkylation sites (tertiary alicyclic amines) is 1. The number of benzene rings is 2. The molecule has 180 valence electrons. The lowest BCUT2D eigenvalue weighted by atomic mass is 9.96. The SMILES string of the molecule is Cc1ccc(CN2CCC(CNC(=O)c3cnn(Cc4ccc(S(N)(=O)=O)cc4)n3)CC2)cc1. The van der Waals surface area contributed by atoms with E-state index in [4.69, 9.17) is 5.14 Å². The highest BCUT2D eigenvalue weighted by atomic mass is 32.2. The Morgan fingerprint density at radius 1 is 1.03 bits per heavy atom. The number of piperidine rings is 1. The van der Waals surface area contributed by atoms with Crippen molar-refractivity contribution in [3.05, 3.63) is 77.1 Å². The Morgan fingerprint density at radius 3 is 2.29 bits per heavy atom. The first-order valence-corrected chi connectivity index (χ1v) is 12.9. The first kappa shape index (κ1) is 24.1. The van der Waals surface area contributed by atoms with Crippen molar-refractivity contribution in [1.82, 2.24) is 25.2 Å². The van der Waals surface area contributed by atoms with Gasteiger partial charge in [0.25, 0.3) is 5.91 Å². The minimum atomic E-state index is -3.73. The number of aryl methyl sites for hydroxylation is 1. The summed E-state index contributed by atoms with van der Waals surface area (Å²) in [5, 5.41) is 16.5. The quantitative estimate of drug-likeness (QED) is 0.506. The molecule has 0 atom stereocenters. The fourth-order valence-electron chi connectivity index (χ4n) is 4.05. The number of carbonyl (C=O) groups is 1. The third-order valence-electron chi connectivity index (χ3n) is 6.13. The summed E-state index contributed by atoms with van der Waals surface area (Å²) in [6.45, 7) is 6.05. The lowest BCUT2D eigenvalue weighted by Crippen LogP contribution is -2.38. The van der Waals surface area contributed by atoms with E-state index in [2.05, 4.69) is 51.6 Å². The summed E-state index contributed by atoms with van der Waals surface area (Å²) in [5.41, 5.74) is 3.67. The Bertz CT molecular complexity index is 1210. The van der Waals surface area contributed by atoms with Crippen LogP contribution in [-0.4, -0.2) is 53.9 Å². The second-order valence-electron chi connectivity index (χ2n) is 8.86. The zero-order valence-corrected chi connectivity index (χ0v) is 20.0.